The number of anilines is 2. The Labute approximate surface area is 90.1 Å². The van der Waals surface area contributed by atoms with Crippen LogP contribution in [0.4, 0.5) is 11.5 Å². The fourth-order valence-electron chi connectivity index (χ4n) is 1.07. The van der Waals surface area contributed by atoms with Crippen LogP contribution in [-0.2, 0) is 4.79 Å². The van der Waals surface area contributed by atoms with Crippen LogP contribution in [0.2, 0.25) is 0 Å². The molecule has 1 amide bonds. The Morgan fingerprint density at radius 2 is 2.20 bits per heavy atom. The molecule has 1 aromatic rings. The minimum Gasteiger partial charge on any atom is -0.384 e. The first-order valence-electron chi connectivity index (χ1n) is 5.26. The lowest BCUT2D eigenvalue weighted by Gasteiger charge is -2.05. The van der Waals surface area contributed by atoms with Gasteiger partial charge in [-0.15, -0.1) is 0 Å². The van der Waals surface area contributed by atoms with Crippen molar-refractivity contribution in [2.45, 2.75) is 26.7 Å². The molecule has 0 radical (unpaired) electrons. The van der Waals surface area contributed by atoms with E-state index in [0.717, 1.165) is 18.7 Å². The van der Waals surface area contributed by atoms with Gasteiger partial charge in [0.1, 0.15) is 5.82 Å². The van der Waals surface area contributed by atoms with Gasteiger partial charge in [-0.25, -0.2) is 4.98 Å². The van der Waals surface area contributed by atoms with Crippen LogP contribution in [0.1, 0.15) is 26.7 Å². The van der Waals surface area contributed by atoms with E-state index in [1.807, 2.05) is 13.0 Å². The fourth-order valence-corrected chi connectivity index (χ4v) is 1.07. The van der Waals surface area contributed by atoms with E-state index >= 15 is 0 Å². The zero-order valence-corrected chi connectivity index (χ0v) is 9.21. The molecule has 0 unspecified atom stereocenters. The molecule has 0 saturated heterocycles. The number of rotatable bonds is 5. The van der Waals surface area contributed by atoms with E-state index in [2.05, 4.69) is 22.5 Å². The molecular weight excluding hydrogens is 190 g/mol. The second-order valence-corrected chi connectivity index (χ2v) is 3.26. The van der Waals surface area contributed by atoms with Crippen LogP contribution in [0.25, 0.3) is 0 Å². The van der Waals surface area contributed by atoms with Gasteiger partial charge in [0.25, 0.3) is 0 Å². The number of carbonyl (C=O) groups is 1. The molecule has 0 aromatic carbocycles. The summed E-state index contributed by atoms with van der Waals surface area (Å²) in [6.45, 7) is 4.85. The predicted molar refractivity (Wildman–Crippen MR) is 61.9 cm³/mol. The van der Waals surface area contributed by atoms with Crippen LogP contribution in [0.5, 0.6) is 0 Å². The van der Waals surface area contributed by atoms with Crippen LogP contribution in [0.3, 0.4) is 0 Å². The molecule has 0 saturated carbocycles. The number of carbonyl (C=O) groups excluding carboxylic acids is 1. The highest BCUT2D eigenvalue weighted by Gasteiger charge is 1.99. The first-order chi connectivity index (χ1) is 7.26. The Balaban J connectivity index is 2.52. The Morgan fingerprint density at radius 1 is 1.40 bits per heavy atom. The molecule has 0 atom stereocenters. The normalized spacial score (nSPS) is 9.73. The van der Waals surface area contributed by atoms with Gasteiger partial charge in [0, 0.05) is 13.0 Å². The smallest absolute Gasteiger partial charge is 0.225 e. The SMILES string of the molecule is CCCNc1ccc(NC(=O)CC)nc1. The van der Waals surface area contributed by atoms with Crippen molar-refractivity contribution in [3.63, 3.8) is 0 Å². The van der Waals surface area contributed by atoms with E-state index in [0.29, 0.717) is 12.2 Å². The number of aromatic nitrogens is 1. The third kappa shape index (κ3) is 3.97. The molecular formula is C11H17N3O. The summed E-state index contributed by atoms with van der Waals surface area (Å²) in [6.07, 6.45) is 3.27. The molecule has 0 bridgehead atoms. The summed E-state index contributed by atoms with van der Waals surface area (Å²) in [6, 6.07) is 3.71. The zero-order chi connectivity index (χ0) is 11.1. The Kier molecular flexibility index (Phi) is 4.60. The summed E-state index contributed by atoms with van der Waals surface area (Å²) in [5, 5.41) is 5.91. The molecule has 1 heterocycles. The van der Waals surface area contributed by atoms with E-state index in [1.54, 1.807) is 12.3 Å². The summed E-state index contributed by atoms with van der Waals surface area (Å²) in [7, 11) is 0. The van der Waals surface area contributed by atoms with Gasteiger partial charge in [0.2, 0.25) is 5.91 Å². The number of amides is 1. The lowest BCUT2D eigenvalue weighted by atomic mass is 10.3. The third-order valence-corrected chi connectivity index (χ3v) is 1.93. The Bertz CT molecular complexity index is 308. The standard InChI is InChI=1S/C11H17N3O/c1-3-7-12-9-5-6-10(13-8-9)14-11(15)4-2/h5-6,8,12H,3-4,7H2,1-2H3,(H,13,14,15). The van der Waals surface area contributed by atoms with Crippen molar-refractivity contribution in [2.75, 3.05) is 17.2 Å². The number of nitrogens with one attached hydrogen (secondary N) is 2. The number of hydrogen-bond acceptors (Lipinski definition) is 3. The topological polar surface area (TPSA) is 54.0 Å². The first kappa shape index (κ1) is 11.5. The molecule has 1 aromatic heterocycles. The van der Waals surface area contributed by atoms with E-state index in [4.69, 9.17) is 0 Å². The number of nitrogens with zero attached hydrogens (tertiary/aromatic N) is 1. The lowest BCUT2D eigenvalue weighted by Crippen LogP contribution is -2.10. The largest absolute Gasteiger partial charge is 0.384 e. The van der Waals surface area contributed by atoms with Crippen molar-refractivity contribution in [3.8, 4) is 0 Å². The van der Waals surface area contributed by atoms with Gasteiger partial charge in [-0.05, 0) is 18.6 Å². The van der Waals surface area contributed by atoms with Gasteiger partial charge < -0.3 is 10.6 Å². The van der Waals surface area contributed by atoms with E-state index in [1.165, 1.54) is 0 Å². The fraction of sp³-hybridized carbons (Fsp3) is 0.455. The molecule has 82 valence electrons. The van der Waals surface area contributed by atoms with Crippen LogP contribution < -0.4 is 10.6 Å². The highest BCUT2D eigenvalue weighted by Crippen LogP contribution is 2.09. The molecule has 15 heavy (non-hydrogen) atoms. The molecule has 4 nitrogen and oxygen atoms in total. The van der Waals surface area contributed by atoms with Crippen LogP contribution >= 0.6 is 0 Å². The summed E-state index contributed by atoms with van der Waals surface area (Å²) in [5.41, 5.74) is 0.978. The Hall–Kier alpha value is -1.58. The number of hydrogen-bond donors (Lipinski definition) is 2. The van der Waals surface area contributed by atoms with Crippen molar-refractivity contribution in [2.24, 2.45) is 0 Å². The second kappa shape index (κ2) is 6.01. The monoisotopic (exact) mass is 207 g/mol. The van der Waals surface area contributed by atoms with Crippen molar-refractivity contribution in [1.29, 1.82) is 0 Å². The van der Waals surface area contributed by atoms with Gasteiger partial charge in [-0.3, -0.25) is 4.79 Å². The maximum absolute atomic E-state index is 11.1. The van der Waals surface area contributed by atoms with E-state index < -0.39 is 0 Å². The molecule has 2 N–H and O–H groups in total. The van der Waals surface area contributed by atoms with Crippen molar-refractivity contribution < 1.29 is 4.79 Å². The van der Waals surface area contributed by atoms with Gasteiger partial charge >= 0.3 is 0 Å². The van der Waals surface area contributed by atoms with Gasteiger partial charge in [-0.1, -0.05) is 13.8 Å². The summed E-state index contributed by atoms with van der Waals surface area (Å²) in [5.74, 6) is 0.584. The van der Waals surface area contributed by atoms with E-state index in [9.17, 15) is 4.79 Å². The number of pyridine rings is 1. The minimum absolute atomic E-state index is 0.0169. The highest BCUT2D eigenvalue weighted by atomic mass is 16.1. The molecule has 0 aliphatic heterocycles. The first-order valence-corrected chi connectivity index (χ1v) is 5.26. The summed E-state index contributed by atoms with van der Waals surface area (Å²) in [4.78, 5) is 15.2. The maximum Gasteiger partial charge on any atom is 0.225 e. The van der Waals surface area contributed by atoms with Gasteiger partial charge in [0.05, 0.1) is 11.9 Å². The van der Waals surface area contributed by atoms with Gasteiger partial charge in [-0.2, -0.15) is 0 Å². The van der Waals surface area contributed by atoms with Crippen molar-refractivity contribution in [3.05, 3.63) is 18.3 Å². The Morgan fingerprint density at radius 3 is 2.73 bits per heavy atom. The lowest BCUT2D eigenvalue weighted by molar-refractivity contribution is -0.115. The summed E-state index contributed by atoms with van der Waals surface area (Å²) < 4.78 is 0. The average molecular weight is 207 g/mol. The quantitative estimate of drug-likeness (QED) is 0.778. The zero-order valence-electron chi connectivity index (χ0n) is 9.21. The molecule has 0 aliphatic carbocycles. The molecule has 0 aliphatic rings. The van der Waals surface area contributed by atoms with Crippen LogP contribution in [0, 0.1) is 0 Å². The molecule has 4 heteroatoms. The molecule has 0 spiro atoms. The molecule has 0 fully saturated rings. The van der Waals surface area contributed by atoms with Crippen LogP contribution in [-0.4, -0.2) is 17.4 Å². The van der Waals surface area contributed by atoms with Crippen LogP contribution in [0.15, 0.2) is 18.3 Å². The van der Waals surface area contributed by atoms with E-state index in [-0.39, 0.29) is 5.91 Å². The van der Waals surface area contributed by atoms with Crippen molar-refractivity contribution in [1.82, 2.24) is 4.98 Å². The average Bonchev–Trinajstić information content (AvgIpc) is 2.28. The second-order valence-electron chi connectivity index (χ2n) is 3.26. The minimum atomic E-state index is -0.0169. The predicted octanol–water partition coefficient (Wildman–Crippen LogP) is 2.25. The van der Waals surface area contributed by atoms with Gasteiger partial charge in [0.15, 0.2) is 0 Å². The third-order valence-electron chi connectivity index (χ3n) is 1.93. The molecule has 1 rings (SSSR count). The maximum atomic E-state index is 11.1. The summed E-state index contributed by atoms with van der Waals surface area (Å²) >= 11 is 0. The van der Waals surface area contributed by atoms with Crippen molar-refractivity contribution >= 4 is 17.4 Å². The highest BCUT2D eigenvalue weighted by molar-refractivity contribution is 5.89.